The largest absolute Gasteiger partial charge is 0.373 e. The van der Waals surface area contributed by atoms with E-state index in [9.17, 15) is 0 Å². The van der Waals surface area contributed by atoms with Gasteiger partial charge in [0.15, 0.2) is 5.96 Å². The molecule has 2 rings (SSSR count). The lowest BCUT2D eigenvalue weighted by Crippen LogP contribution is -2.50. The zero-order chi connectivity index (χ0) is 17.1. The van der Waals surface area contributed by atoms with Gasteiger partial charge < -0.3 is 15.4 Å². The first kappa shape index (κ1) is 22.2. The van der Waals surface area contributed by atoms with Crippen LogP contribution in [-0.2, 0) is 11.2 Å². The molecular formula is C19H33IN4O. The molecule has 25 heavy (non-hydrogen) atoms. The molecule has 1 fully saturated rings. The number of nitrogens with zero attached hydrogens (tertiary/aromatic N) is 2. The molecule has 5 nitrogen and oxygen atoms in total. The molecule has 1 aromatic rings. The molecule has 0 atom stereocenters. The molecule has 0 unspecified atom stereocenters. The molecule has 0 aromatic carbocycles. The van der Waals surface area contributed by atoms with Gasteiger partial charge in [0.05, 0.1) is 5.60 Å². The van der Waals surface area contributed by atoms with Crippen LogP contribution in [0.3, 0.4) is 0 Å². The molecule has 1 aromatic heterocycles. The number of ether oxygens (including phenoxy) is 1. The molecule has 1 saturated carbocycles. The highest BCUT2D eigenvalue weighted by atomic mass is 127. The lowest BCUT2D eigenvalue weighted by Gasteiger charge is -2.37. The maximum absolute atomic E-state index is 6.23. The zero-order valence-electron chi connectivity index (χ0n) is 15.6. The van der Waals surface area contributed by atoms with Crippen LogP contribution in [0, 0.1) is 0 Å². The Balaban J connectivity index is 0.00000312. The number of aromatic nitrogens is 1. The molecule has 0 radical (unpaired) electrons. The van der Waals surface area contributed by atoms with Gasteiger partial charge in [0, 0.05) is 45.1 Å². The van der Waals surface area contributed by atoms with Crippen molar-refractivity contribution in [1.29, 1.82) is 0 Å². The van der Waals surface area contributed by atoms with Crippen molar-refractivity contribution in [2.45, 2.75) is 57.5 Å². The van der Waals surface area contributed by atoms with Crippen LogP contribution in [0.15, 0.2) is 29.4 Å². The Morgan fingerprint density at radius 1 is 1.24 bits per heavy atom. The van der Waals surface area contributed by atoms with E-state index in [4.69, 9.17) is 4.74 Å². The molecule has 2 N–H and O–H groups in total. The molecule has 0 spiro atoms. The average molecular weight is 460 g/mol. The number of rotatable bonds is 8. The minimum absolute atomic E-state index is 0. The van der Waals surface area contributed by atoms with Crippen molar-refractivity contribution in [2.24, 2.45) is 4.99 Å². The van der Waals surface area contributed by atoms with Gasteiger partial charge >= 0.3 is 0 Å². The molecule has 0 saturated heterocycles. The Hall–Kier alpha value is -0.890. The molecule has 1 aliphatic carbocycles. The van der Waals surface area contributed by atoms with Crippen LogP contribution < -0.4 is 10.6 Å². The van der Waals surface area contributed by atoms with E-state index >= 15 is 0 Å². The summed E-state index contributed by atoms with van der Waals surface area (Å²) >= 11 is 0. The summed E-state index contributed by atoms with van der Waals surface area (Å²) in [4.78, 5) is 8.68. The number of halogens is 1. The van der Waals surface area contributed by atoms with Crippen LogP contribution in [0.25, 0.3) is 0 Å². The Labute approximate surface area is 169 Å². The van der Waals surface area contributed by atoms with Gasteiger partial charge in [-0.3, -0.25) is 9.98 Å². The van der Waals surface area contributed by atoms with E-state index in [2.05, 4.69) is 27.5 Å². The summed E-state index contributed by atoms with van der Waals surface area (Å²) in [5, 5.41) is 6.84. The maximum atomic E-state index is 6.23. The SMILES string of the molecule is CCCOC1(CNC(=NC)NCCc2ccccn2)CCCCC1.I. The number of aliphatic imine (C=N–C) groups is 1. The summed E-state index contributed by atoms with van der Waals surface area (Å²) < 4.78 is 6.23. The van der Waals surface area contributed by atoms with Gasteiger partial charge in [-0.05, 0) is 31.4 Å². The van der Waals surface area contributed by atoms with E-state index in [1.54, 1.807) is 0 Å². The average Bonchev–Trinajstić information content (AvgIpc) is 2.64. The van der Waals surface area contributed by atoms with Crippen LogP contribution in [-0.4, -0.2) is 43.3 Å². The van der Waals surface area contributed by atoms with Gasteiger partial charge in [0.25, 0.3) is 0 Å². The van der Waals surface area contributed by atoms with Gasteiger partial charge in [-0.1, -0.05) is 32.3 Å². The summed E-state index contributed by atoms with van der Waals surface area (Å²) in [7, 11) is 1.82. The molecular weight excluding hydrogens is 427 g/mol. The van der Waals surface area contributed by atoms with Crippen molar-refractivity contribution in [1.82, 2.24) is 15.6 Å². The van der Waals surface area contributed by atoms with E-state index in [-0.39, 0.29) is 29.6 Å². The van der Waals surface area contributed by atoms with Crippen LogP contribution in [0.4, 0.5) is 0 Å². The van der Waals surface area contributed by atoms with Gasteiger partial charge in [-0.2, -0.15) is 0 Å². The normalized spacial score (nSPS) is 16.8. The topological polar surface area (TPSA) is 58.5 Å². The third-order valence-corrected chi connectivity index (χ3v) is 4.58. The maximum Gasteiger partial charge on any atom is 0.191 e. The first-order valence-corrected chi connectivity index (χ1v) is 9.26. The van der Waals surface area contributed by atoms with E-state index in [1.165, 1.54) is 19.3 Å². The molecule has 0 bridgehead atoms. The fourth-order valence-corrected chi connectivity index (χ4v) is 3.21. The van der Waals surface area contributed by atoms with Crippen LogP contribution in [0.5, 0.6) is 0 Å². The minimum Gasteiger partial charge on any atom is -0.373 e. The van der Waals surface area contributed by atoms with E-state index < -0.39 is 0 Å². The van der Waals surface area contributed by atoms with Crippen molar-refractivity contribution < 1.29 is 4.74 Å². The molecule has 1 heterocycles. The smallest absolute Gasteiger partial charge is 0.191 e. The van der Waals surface area contributed by atoms with E-state index in [0.29, 0.717) is 0 Å². The zero-order valence-corrected chi connectivity index (χ0v) is 17.9. The van der Waals surface area contributed by atoms with Crippen LogP contribution >= 0.6 is 24.0 Å². The third kappa shape index (κ3) is 7.90. The highest BCUT2D eigenvalue weighted by molar-refractivity contribution is 14.0. The number of pyridine rings is 1. The Kier molecular flexibility index (Phi) is 11.0. The minimum atomic E-state index is -0.0210. The van der Waals surface area contributed by atoms with Crippen LogP contribution in [0.1, 0.15) is 51.1 Å². The summed E-state index contributed by atoms with van der Waals surface area (Å²) in [6, 6.07) is 6.01. The lowest BCUT2D eigenvalue weighted by molar-refractivity contribution is -0.0657. The first-order chi connectivity index (χ1) is 11.8. The lowest BCUT2D eigenvalue weighted by atomic mass is 9.84. The number of guanidine groups is 1. The van der Waals surface area contributed by atoms with Gasteiger partial charge in [-0.15, -0.1) is 24.0 Å². The second kappa shape index (κ2) is 12.5. The number of hydrogen-bond acceptors (Lipinski definition) is 3. The van der Waals surface area contributed by atoms with Gasteiger partial charge in [0.1, 0.15) is 0 Å². The summed E-state index contributed by atoms with van der Waals surface area (Å²) in [6.45, 7) is 4.66. The highest BCUT2D eigenvalue weighted by Crippen LogP contribution is 2.31. The van der Waals surface area contributed by atoms with Gasteiger partial charge in [0.2, 0.25) is 0 Å². The standard InChI is InChI=1S/C19H32N4O.HI/c1-3-15-24-19(11-6-4-7-12-19)16-23-18(20-2)22-14-10-17-9-5-8-13-21-17;/h5,8-9,13H,3-4,6-7,10-12,14-16H2,1-2H3,(H2,20,22,23);1H. The fraction of sp³-hybridized carbons (Fsp3) is 0.684. The van der Waals surface area contributed by atoms with Crippen molar-refractivity contribution >= 4 is 29.9 Å². The Morgan fingerprint density at radius 2 is 2.04 bits per heavy atom. The Bertz CT molecular complexity index is 489. The monoisotopic (exact) mass is 460 g/mol. The molecule has 1 aliphatic rings. The molecule has 6 heteroatoms. The predicted octanol–water partition coefficient (Wildman–Crippen LogP) is 3.54. The van der Waals surface area contributed by atoms with Crippen LogP contribution in [0.2, 0.25) is 0 Å². The second-order valence-electron chi connectivity index (χ2n) is 6.52. The molecule has 0 aliphatic heterocycles. The van der Waals surface area contributed by atoms with Crippen molar-refractivity contribution in [3.8, 4) is 0 Å². The number of hydrogen-bond donors (Lipinski definition) is 2. The van der Waals surface area contributed by atoms with Crippen molar-refractivity contribution in [2.75, 3.05) is 26.7 Å². The third-order valence-electron chi connectivity index (χ3n) is 4.58. The summed E-state index contributed by atoms with van der Waals surface area (Å²) in [5.74, 6) is 0.843. The van der Waals surface area contributed by atoms with E-state index in [0.717, 1.165) is 57.0 Å². The van der Waals surface area contributed by atoms with Gasteiger partial charge in [-0.25, -0.2) is 0 Å². The van der Waals surface area contributed by atoms with Crippen molar-refractivity contribution in [3.05, 3.63) is 30.1 Å². The number of nitrogens with one attached hydrogen (secondary N) is 2. The highest BCUT2D eigenvalue weighted by Gasteiger charge is 2.32. The van der Waals surface area contributed by atoms with Crippen molar-refractivity contribution in [3.63, 3.8) is 0 Å². The first-order valence-electron chi connectivity index (χ1n) is 9.26. The molecule has 0 amide bonds. The molecule has 142 valence electrons. The fourth-order valence-electron chi connectivity index (χ4n) is 3.21. The predicted molar refractivity (Wildman–Crippen MR) is 115 cm³/mol. The quantitative estimate of drug-likeness (QED) is 0.354. The van der Waals surface area contributed by atoms with E-state index in [1.807, 2.05) is 31.4 Å². The summed E-state index contributed by atoms with van der Waals surface area (Å²) in [6.07, 6.45) is 9.93. The summed E-state index contributed by atoms with van der Waals surface area (Å²) in [5.41, 5.74) is 1.07. The Morgan fingerprint density at radius 3 is 2.68 bits per heavy atom. The second-order valence-corrected chi connectivity index (χ2v) is 6.52.